The summed E-state index contributed by atoms with van der Waals surface area (Å²) in [7, 11) is 0. The zero-order valence-electron chi connectivity index (χ0n) is 12.0. The molecule has 3 atom stereocenters. The van der Waals surface area contributed by atoms with Crippen LogP contribution < -0.4 is 0 Å². The summed E-state index contributed by atoms with van der Waals surface area (Å²) in [5.74, 6) is -0.875. The first-order chi connectivity index (χ1) is 10.0. The van der Waals surface area contributed by atoms with Gasteiger partial charge in [-0.25, -0.2) is 0 Å². The van der Waals surface area contributed by atoms with Gasteiger partial charge >= 0.3 is 0 Å². The van der Waals surface area contributed by atoms with Crippen molar-refractivity contribution >= 4 is 11.8 Å². The molecule has 0 saturated carbocycles. The third-order valence-corrected chi connectivity index (χ3v) is 4.54. The van der Waals surface area contributed by atoms with Crippen molar-refractivity contribution < 1.29 is 19.4 Å². The van der Waals surface area contributed by atoms with E-state index in [4.69, 9.17) is 4.74 Å². The van der Waals surface area contributed by atoms with Gasteiger partial charge < -0.3 is 9.84 Å². The molecule has 5 nitrogen and oxygen atoms in total. The summed E-state index contributed by atoms with van der Waals surface area (Å²) in [6.07, 6.45) is 0.254. The van der Waals surface area contributed by atoms with Crippen molar-refractivity contribution in [2.24, 2.45) is 0 Å². The molecule has 5 heteroatoms. The van der Waals surface area contributed by atoms with Gasteiger partial charge in [-0.15, -0.1) is 0 Å². The number of carbonyl (C=O) groups excluding carboxylic acids is 2. The number of β-amino-alcohol motifs (C(OH)–C–C–N with tert-alkyl or cyclic N) is 1. The normalized spacial score (nSPS) is 33.0. The van der Waals surface area contributed by atoms with Crippen LogP contribution in [0.2, 0.25) is 0 Å². The fourth-order valence-electron chi connectivity index (χ4n) is 3.05. The molecule has 2 heterocycles. The Hall–Kier alpha value is -1.72. The van der Waals surface area contributed by atoms with Gasteiger partial charge in [0.25, 0.3) is 0 Å². The van der Waals surface area contributed by atoms with Crippen LogP contribution in [-0.4, -0.2) is 46.7 Å². The maximum Gasteiger partial charge on any atom is 0.237 e. The molecular weight excluding hydrogens is 270 g/mol. The number of benzene rings is 1. The van der Waals surface area contributed by atoms with Crippen LogP contribution in [0.1, 0.15) is 31.2 Å². The number of hydrogen-bond donors (Lipinski definition) is 1. The smallest absolute Gasteiger partial charge is 0.237 e. The van der Waals surface area contributed by atoms with E-state index in [0.717, 1.165) is 5.56 Å². The van der Waals surface area contributed by atoms with Crippen LogP contribution in [0.5, 0.6) is 0 Å². The van der Waals surface area contributed by atoms with Gasteiger partial charge in [0, 0.05) is 19.4 Å². The first kappa shape index (κ1) is 14.2. The molecule has 0 spiro atoms. The molecule has 21 heavy (non-hydrogen) atoms. The quantitative estimate of drug-likeness (QED) is 0.845. The highest BCUT2D eigenvalue weighted by Crippen LogP contribution is 2.33. The topological polar surface area (TPSA) is 66.8 Å². The molecule has 112 valence electrons. The molecule has 1 N–H and O–H groups in total. The van der Waals surface area contributed by atoms with Crippen LogP contribution in [0, 0.1) is 0 Å². The summed E-state index contributed by atoms with van der Waals surface area (Å²) in [4.78, 5) is 25.9. The van der Waals surface area contributed by atoms with Crippen LogP contribution in [0.25, 0.3) is 0 Å². The maximum absolute atomic E-state index is 12.5. The van der Waals surface area contributed by atoms with Crippen molar-refractivity contribution in [1.29, 1.82) is 0 Å². The maximum atomic E-state index is 12.5. The fraction of sp³-hybridized carbons (Fsp3) is 0.500. The molecule has 1 aromatic rings. The summed E-state index contributed by atoms with van der Waals surface area (Å²) in [5, 5.41) is 10.5. The minimum Gasteiger partial charge on any atom is -0.385 e. The Morgan fingerprint density at radius 2 is 2.05 bits per heavy atom. The summed E-state index contributed by atoms with van der Waals surface area (Å²) in [6.45, 7) is 2.25. The Kier molecular flexibility index (Phi) is 3.55. The number of imide groups is 1. The van der Waals surface area contributed by atoms with E-state index in [9.17, 15) is 14.7 Å². The van der Waals surface area contributed by atoms with Gasteiger partial charge in [-0.05, 0) is 12.5 Å². The fourth-order valence-corrected chi connectivity index (χ4v) is 3.05. The van der Waals surface area contributed by atoms with Gasteiger partial charge in [0.15, 0.2) is 0 Å². The lowest BCUT2D eigenvalue weighted by Gasteiger charge is -2.30. The SMILES string of the molecule is CC1OCCC1(O)CN1C(=O)CC(c2ccccc2)C1=O. The van der Waals surface area contributed by atoms with Gasteiger partial charge in [0.05, 0.1) is 18.6 Å². The monoisotopic (exact) mass is 289 g/mol. The second-order valence-corrected chi connectivity index (χ2v) is 5.85. The highest BCUT2D eigenvalue weighted by Gasteiger charge is 2.47. The molecule has 2 fully saturated rings. The Morgan fingerprint density at radius 1 is 1.33 bits per heavy atom. The van der Waals surface area contributed by atoms with Crippen LogP contribution in [-0.2, 0) is 14.3 Å². The predicted octanol–water partition coefficient (Wildman–Crippen LogP) is 1.07. The minimum absolute atomic E-state index is 0.0230. The summed E-state index contributed by atoms with van der Waals surface area (Å²) in [6, 6.07) is 9.31. The molecule has 2 saturated heterocycles. The summed E-state index contributed by atoms with van der Waals surface area (Å²) in [5.41, 5.74) is -0.280. The Balaban J connectivity index is 1.78. The van der Waals surface area contributed by atoms with E-state index in [2.05, 4.69) is 0 Å². The molecule has 0 bridgehead atoms. The molecule has 2 amide bonds. The number of rotatable bonds is 3. The van der Waals surface area contributed by atoms with Gasteiger partial charge in [-0.2, -0.15) is 0 Å². The van der Waals surface area contributed by atoms with Crippen LogP contribution >= 0.6 is 0 Å². The third-order valence-electron chi connectivity index (χ3n) is 4.54. The summed E-state index contributed by atoms with van der Waals surface area (Å²) >= 11 is 0. The number of nitrogens with zero attached hydrogens (tertiary/aromatic N) is 1. The van der Waals surface area contributed by atoms with Gasteiger partial charge in [-0.3, -0.25) is 14.5 Å². The Labute approximate surface area is 123 Å². The number of ether oxygens (including phenoxy) is 1. The molecule has 0 radical (unpaired) electrons. The van der Waals surface area contributed by atoms with E-state index in [1.165, 1.54) is 4.90 Å². The van der Waals surface area contributed by atoms with Gasteiger partial charge in [0.1, 0.15) is 5.60 Å². The number of carbonyl (C=O) groups is 2. The second kappa shape index (κ2) is 5.24. The molecule has 3 rings (SSSR count). The van der Waals surface area contributed by atoms with Gasteiger partial charge in [-0.1, -0.05) is 30.3 Å². The van der Waals surface area contributed by atoms with Crippen molar-refractivity contribution in [2.75, 3.05) is 13.2 Å². The van der Waals surface area contributed by atoms with Crippen molar-refractivity contribution in [1.82, 2.24) is 4.90 Å². The summed E-state index contributed by atoms with van der Waals surface area (Å²) < 4.78 is 5.36. The standard InChI is InChI=1S/C16H19NO4/c1-11-16(20,7-8-21-11)10-17-14(18)9-13(15(17)19)12-5-3-2-4-6-12/h2-6,11,13,20H,7-10H2,1H3. The number of hydrogen-bond acceptors (Lipinski definition) is 4. The lowest BCUT2D eigenvalue weighted by molar-refractivity contribution is -0.144. The molecule has 0 aliphatic carbocycles. The lowest BCUT2D eigenvalue weighted by Crippen LogP contribution is -2.49. The molecule has 1 aromatic carbocycles. The lowest BCUT2D eigenvalue weighted by atomic mass is 9.95. The average Bonchev–Trinajstić information content (AvgIpc) is 2.95. The van der Waals surface area contributed by atoms with E-state index >= 15 is 0 Å². The van der Waals surface area contributed by atoms with Crippen molar-refractivity contribution in [3.63, 3.8) is 0 Å². The Morgan fingerprint density at radius 3 is 2.67 bits per heavy atom. The van der Waals surface area contributed by atoms with Crippen molar-refractivity contribution in [2.45, 2.75) is 37.4 Å². The first-order valence-corrected chi connectivity index (χ1v) is 7.24. The molecule has 2 aliphatic heterocycles. The number of likely N-dealkylation sites (tertiary alicyclic amines) is 1. The van der Waals surface area contributed by atoms with E-state index in [-0.39, 0.29) is 30.9 Å². The van der Waals surface area contributed by atoms with Crippen molar-refractivity contribution in [3.05, 3.63) is 35.9 Å². The molecule has 0 aromatic heterocycles. The van der Waals surface area contributed by atoms with E-state index in [1.807, 2.05) is 30.3 Å². The highest BCUT2D eigenvalue weighted by atomic mass is 16.5. The molecule has 2 aliphatic rings. The number of aliphatic hydroxyl groups is 1. The Bertz CT molecular complexity index is 559. The number of amides is 2. The highest BCUT2D eigenvalue weighted by molar-refractivity contribution is 6.06. The molecule has 3 unspecified atom stereocenters. The third kappa shape index (κ3) is 2.47. The van der Waals surface area contributed by atoms with E-state index in [0.29, 0.717) is 13.0 Å². The van der Waals surface area contributed by atoms with E-state index < -0.39 is 11.5 Å². The zero-order chi connectivity index (χ0) is 15.0. The zero-order valence-corrected chi connectivity index (χ0v) is 12.0. The van der Waals surface area contributed by atoms with Crippen LogP contribution in [0.4, 0.5) is 0 Å². The van der Waals surface area contributed by atoms with Crippen LogP contribution in [0.15, 0.2) is 30.3 Å². The van der Waals surface area contributed by atoms with Gasteiger partial charge in [0.2, 0.25) is 11.8 Å². The minimum atomic E-state index is -1.13. The second-order valence-electron chi connectivity index (χ2n) is 5.85. The largest absolute Gasteiger partial charge is 0.385 e. The predicted molar refractivity (Wildman–Crippen MR) is 75.5 cm³/mol. The molecular formula is C16H19NO4. The first-order valence-electron chi connectivity index (χ1n) is 7.24. The van der Waals surface area contributed by atoms with Crippen LogP contribution in [0.3, 0.4) is 0 Å². The average molecular weight is 289 g/mol. The van der Waals surface area contributed by atoms with E-state index in [1.54, 1.807) is 6.92 Å². The van der Waals surface area contributed by atoms with Crippen molar-refractivity contribution in [3.8, 4) is 0 Å².